The molecule has 0 amide bonds. The summed E-state index contributed by atoms with van der Waals surface area (Å²) in [5.41, 5.74) is 0.925. The Balaban J connectivity index is 2.91. The molecule has 12 heavy (non-hydrogen) atoms. The van der Waals surface area contributed by atoms with Gasteiger partial charge in [0.05, 0.1) is 5.69 Å². The highest BCUT2D eigenvalue weighted by molar-refractivity contribution is 5.43. The molecule has 1 aromatic rings. The number of aryl methyl sites for hydroxylation is 1. The third-order valence-electron chi connectivity index (χ3n) is 1.62. The first kappa shape index (κ1) is 8.77. The van der Waals surface area contributed by atoms with Crippen LogP contribution in [0.25, 0.3) is 0 Å². The van der Waals surface area contributed by atoms with Crippen LogP contribution in [0, 0.1) is 0 Å². The molecule has 1 heterocycles. The van der Waals surface area contributed by atoms with Crippen LogP contribution in [0.15, 0.2) is 6.07 Å². The maximum atomic E-state index is 10.0. The van der Waals surface area contributed by atoms with Gasteiger partial charge in [-0.2, -0.15) is 5.10 Å². The van der Waals surface area contributed by atoms with Crippen molar-refractivity contribution in [1.82, 2.24) is 9.78 Å². The van der Waals surface area contributed by atoms with Gasteiger partial charge in [0.25, 0.3) is 6.47 Å². The molecule has 0 aromatic carbocycles. The molecule has 0 aliphatic heterocycles. The Labute approximate surface area is 71.1 Å². The van der Waals surface area contributed by atoms with Gasteiger partial charge >= 0.3 is 0 Å². The number of hydrogen-bond acceptors (Lipinski definition) is 3. The monoisotopic (exact) mass is 168 g/mol. The van der Waals surface area contributed by atoms with Crippen molar-refractivity contribution in [2.75, 3.05) is 0 Å². The van der Waals surface area contributed by atoms with Gasteiger partial charge in [-0.1, -0.05) is 13.8 Å². The van der Waals surface area contributed by atoms with E-state index in [9.17, 15) is 4.79 Å². The lowest BCUT2D eigenvalue weighted by atomic mass is 10.1. The van der Waals surface area contributed by atoms with E-state index in [1.54, 1.807) is 17.8 Å². The van der Waals surface area contributed by atoms with Crippen LogP contribution >= 0.6 is 0 Å². The van der Waals surface area contributed by atoms with Crippen molar-refractivity contribution < 1.29 is 9.53 Å². The molecular formula is C8H12N2O2. The van der Waals surface area contributed by atoms with Gasteiger partial charge in [0.1, 0.15) is 0 Å². The third kappa shape index (κ3) is 1.64. The molecule has 0 saturated carbocycles. The van der Waals surface area contributed by atoms with E-state index in [4.69, 9.17) is 0 Å². The molecular weight excluding hydrogens is 156 g/mol. The second kappa shape index (κ2) is 3.38. The topological polar surface area (TPSA) is 44.1 Å². The van der Waals surface area contributed by atoms with Gasteiger partial charge in [-0.15, -0.1) is 0 Å². The van der Waals surface area contributed by atoms with Crippen molar-refractivity contribution in [3.63, 3.8) is 0 Å². The quantitative estimate of drug-likeness (QED) is 0.634. The van der Waals surface area contributed by atoms with Crippen LogP contribution in [-0.4, -0.2) is 16.3 Å². The fourth-order valence-electron chi connectivity index (χ4n) is 0.913. The number of rotatable bonds is 3. The highest BCUT2D eigenvalue weighted by Crippen LogP contribution is 2.17. The number of carbonyl (C=O) groups is 1. The Hall–Kier alpha value is -1.32. The molecule has 4 heteroatoms. The average molecular weight is 168 g/mol. The number of ether oxygens (including phenoxy) is 1. The number of hydrogen-bond donors (Lipinski definition) is 0. The summed E-state index contributed by atoms with van der Waals surface area (Å²) in [6, 6.07) is 1.76. The van der Waals surface area contributed by atoms with Crippen LogP contribution in [0.4, 0.5) is 0 Å². The van der Waals surface area contributed by atoms with Crippen molar-refractivity contribution in [1.29, 1.82) is 0 Å². The van der Waals surface area contributed by atoms with E-state index in [1.807, 2.05) is 13.8 Å². The molecule has 0 spiro atoms. The lowest BCUT2D eigenvalue weighted by Crippen LogP contribution is -1.97. The minimum absolute atomic E-state index is 0.347. The summed E-state index contributed by atoms with van der Waals surface area (Å²) in [5, 5.41) is 4.16. The maximum absolute atomic E-state index is 10.0. The minimum atomic E-state index is 0.347. The second-order valence-electron chi connectivity index (χ2n) is 2.90. The van der Waals surface area contributed by atoms with Gasteiger partial charge < -0.3 is 4.74 Å². The van der Waals surface area contributed by atoms with Gasteiger partial charge in [0.2, 0.25) is 5.88 Å². The molecule has 66 valence electrons. The van der Waals surface area contributed by atoms with Crippen molar-refractivity contribution >= 4 is 6.47 Å². The molecule has 4 nitrogen and oxygen atoms in total. The lowest BCUT2D eigenvalue weighted by Gasteiger charge is -1.95. The molecule has 0 saturated heterocycles. The van der Waals surface area contributed by atoms with Crippen LogP contribution in [0.2, 0.25) is 0 Å². The van der Waals surface area contributed by atoms with Gasteiger partial charge in [-0.05, 0) is 5.92 Å². The molecule has 0 radical (unpaired) electrons. The fourth-order valence-corrected chi connectivity index (χ4v) is 0.913. The lowest BCUT2D eigenvalue weighted by molar-refractivity contribution is -0.121. The molecule has 0 aliphatic carbocycles. The van der Waals surface area contributed by atoms with E-state index < -0.39 is 0 Å². The molecule has 1 rings (SSSR count). The molecule has 0 atom stereocenters. The summed E-state index contributed by atoms with van der Waals surface area (Å²) < 4.78 is 6.23. The van der Waals surface area contributed by atoms with Gasteiger partial charge in [0.15, 0.2) is 0 Å². The van der Waals surface area contributed by atoms with Crippen molar-refractivity contribution in [2.45, 2.75) is 19.8 Å². The van der Waals surface area contributed by atoms with Crippen molar-refractivity contribution in [2.24, 2.45) is 7.05 Å². The summed E-state index contributed by atoms with van der Waals surface area (Å²) >= 11 is 0. The van der Waals surface area contributed by atoms with Crippen molar-refractivity contribution in [3.8, 4) is 5.88 Å². The van der Waals surface area contributed by atoms with Crippen LogP contribution < -0.4 is 4.74 Å². The Morgan fingerprint density at radius 1 is 1.67 bits per heavy atom. The zero-order valence-electron chi connectivity index (χ0n) is 7.44. The van der Waals surface area contributed by atoms with E-state index in [2.05, 4.69) is 9.84 Å². The summed E-state index contributed by atoms with van der Waals surface area (Å²) in [7, 11) is 1.74. The van der Waals surface area contributed by atoms with Gasteiger partial charge in [-0.3, -0.25) is 4.79 Å². The molecule has 0 unspecified atom stereocenters. The second-order valence-corrected chi connectivity index (χ2v) is 2.90. The summed E-state index contributed by atoms with van der Waals surface area (Å²) in [5.74, 6) is 0.828. The predicted octanol–water partition coefficient (Wildman–Crippen LogP) is 1.08. The Morgan fingerprint density at radius 2 is 2.33 bits per heavy atom. The summed E-state index contributed by atoms with van der Waals surface area (Å²) in [6.07, 6.45) is 0. The van der Waals surface area contributed by atoms with E-state index in [0.717, 1.165) is 5.69 Å². The molecule has 0 N–H and O–H groups in total. The SMILES string of the molecule is CC(C)c1cc(OC=O)n(C)n1. The number of nitrogens with zero attached hydrogens (tertiary/aromatic N) is 2. The van der Waals surface area contributed by atoms with Gasteiger partial charge in [0, 0.05) is 13.1 Å². The standard InChI is InChI=1S/C8H12N2O2/c1-6(2)7-4-8(12-5-11)10(3)9-7/h4-6H,1-3H3. The smallest absolute Gasteiger partial charge is 0.299 e. The molecule has 0 bridgehead atoms. The molecule has 0 fully saturated rings. The van der Waals surface area contributed by atoms with Gasteiger partial charge in [-0.25, -0.2) is 4.68 Å². The van der Waals surface area contributed by atoms with Crippen LogP contribution in [0.1, 0.15) is 25.5 Å². The van der Waals surface area contributed by atoms with Crippen molar-refractivity contribution in [3.05, 3.63) is 11.8 Å². The van der Waals surface area contributed by atoms with E-state index in [-0.39, 0.29) is 0 Å². The first-order valence-corrected chi connectivity index (χ1v) is 3.79. The van der Waals surface area contributed by atoms with Crippen LogP contribution in [-0.2, 0) is 11.8 Å². The summed E-state index contributed by atoms with van der Waals surface area (Å²) in [4.78, 5) is 10.0. The molecule has 1 aromatic heterocycles. The highest BCUT2D eigenvalue weighted by atomic mass is 16.5. The average Bonchev–Trinajstić information content (AvgIpc) is 2.34. The van der Waals surface area contributed by atoms with Crippen LogP contribution in [0.3, 0.4) is 0 Å². The normalized spacial score (nSPS) is 10.3. The first-order chi connectivity index (χ1) is 5.65. The summed E-state index contributed by atoms with van der Waals surface area (Å²) in [6.45, 7) is 4.47. The minimum Gasteiger partial charge on any atom is -0.410 e. The Morgan fingerprint density at radius 3 is 2.75 bits per heavy atom. The Bertz CT molecular complexity index is 279. The van der Waals surface area contributed by atoms with E-state index >= 15 is 0 Å². The molecule has 0 aliphatic rings. The third-order valence-corrected chi connectivity index (χ3v) is 1.62. The Kier molecular flexibility index (Phi) is 2.47. The number of aromatic nitrogens is 2. The fraction of sp³-hybridized carbons (Fsp3) is 0.500. The largest absolute Gasteiger partial charge is 0.410 e. The highest BCUT2D eigenvalue weighted by Gasteiger charge is 2.08. The first-order valence-electron chi connectivity index (χ1n) is 3.79. The number of carbonyl (C=O) groups excluding carboxylic acids is 1. The van der Waals surface area contributed by atoms with Crippen LogP contribution in [0.5, 0.6) is 5.88 Å². The zero-order chi connectivity index (χ0) is 9.14. The zero-order valence-corrected chi connectivity index (χ0v) is 7.44. The predicted molar refractivity (Wildman–Crippen MR) is 44.0 cm³/mol. The van der Waals surface area contributed by atoms with E-state index in [1.165, 1.54) is 0 Å². The van der Waals surface area contributed by atoms with E-state index in [0.29, 0.717) is 18.3 Å². The maximum Gasteiger partial charge on any atom is 0.299 e.